The van der Waals surface area contributed by atoms with Crippen LogP contribution < -0.4 is 0 Å². The van der Waals surface area contributed by atoms with Crippen LogP contribution in [-0.4, -0.2) is 23.8 Å². The number of rotatable bonds is 4. The van der Waals surface area contributed by atoms with Crippen LogP contribution in [0.1, 0.15) is 28.4 Å². The van der Waals surface area contributed by atoms with Crippen molar-refractivity contribution in [1.82, 2.24) is 0 Å². The summed E-state index contributed by atoms with van der Waals surface area (Å²) in [4.78, 5) is 13.0. The minimum absolute atomic E-state index is 0.0918. The molecule has 4 heteroatoms. The summed E-state index contributed by atoms with van der Waals surface area (Å²) >= 11 is 1.37. The number of ether oxygens (including phenoxy) is 1. The molecule has 0 spiro atoms. The smallest absolute Gasteiger partial charge is 0.348 e. The Morgan fingerprint density at radius 1 is 1.57 bits per heavy atom. The van der Waals surface area contributed by atoms with Crippen LogP contribution in [0.15, 0.2) is 12.1 Å². The van der Waals surface area contributed by atoms with Crippen molar-refractivity contribution in [2.45, 2.75) is 26.4 Å². The summed E-state index contributed by atoms with van der Waals surface area (Å²) in [5, 5.41) is 8.70. The molecule has 0 aromatic carbocycles. The van der Waals surface area contributed by atoms with E-state index in [0.717, 1.165) is 4.88 Å². The first-order valence-corrected chi connectivity index (χ1v) is 5.35. The van der Waals surface area contributed by atoms with Gasteiger partial charge in [0.25, 0.3) is 0 Å². The molecule has 0 bridgehead atoms. The lowest BCUT2D eigenvalue weighted by atomic mass is 10.3. The van der Waals surface area contributed by atoms with E-state index in [9.17, 15) is 4.79 Å². The molecule has 0 fully saturated rings. The topological polar surface area (TPSA) is 46.5 Å². The lowest BCUT2D eigenvalue weighted by Gasteiger charge is -2.05. The first-order valence-electron chi connectivity index (χ1n) is 4.54. The Morgan fingerprint density at radius 3 is 2.86 bits per heavy atom. The lowest BCUT2D eigenvalue weighted by Crippen LogP contribution is -2.09. The van der Waals surface area contributed by atoms with Gasteiger partial charge in [-0.2, -0.15) is 0 Å². The van der Waals surface area contributed by atoms with E-state index in [-0.39, 0.29) is 18.7 Å². The summed E-state index contributed by atoms with van der Waals surface area (Å²) in [7, 11) is 0. The van der Waals surface area contributed by atoms with Gasteiger partial charge in [0, 0.05) is 17.9 Å². The normalized spacial score (nSPS) is 10.6. The molecule has 3 nitrogen and oxygen atoms in total. The van der Waals surface area contributed by atoms with Crippen LogP contribution in [0.3, 0.4) is 0 Å². The van der Waals surface area contributed by atoms with Crippen molar-refractivity contribution in [1.29, 1.82) is 0 Å². The van der Waals surface area contributed by atoms with Gasteiger partial charge >= 0.3 is 5.97 Å². The van der Waals surface area contributed by atoms with E-state index in [0.29, 0.717) is 11.3 Å². The second-order valence-corrected chi connectivity index (χ2v) is 4.36. The third kappa shape index (κ3) is 3.12. The fourth-order valence-electron chi connectivity index (χ4n) is 1.00. The first-order chi connectivity index (χ1) is 6.63. The maximum Gasteiger partial charge on any atom is 0.348 e. The number of aliphatic hydroxyl groups excluding tert-OH is 1. The van der Waals surface area contributed by atoms with Gasteiger partial charge in [0.2, 0.25) is 0 Å². The molecule has 0 aliphatic carbocycles. The second-order valence-electron chi connectivity index (χ2n) is 3.19. The summed E-state index contributed by atoms with van der Waals surface area (Å²) in [5.41, 5.74) is 0. The Bertz CT molecular complexity index is 304. The zero-order valence-corrected chi connectivity index (χ0v) is 9.13. The van der Waals surface area contributed by atoms with Gasteiger partial charge in [-0.1, -0.05) is 0 Å². The number of esters is 1. The van der Waals surface area contributed by atoms with E-state index >= 15 is 0 Å². The Balaban J connectivity index is 2.62. The highest BCUT2D eigenvalue weighted by Gasteiger charge is 2.11. The van der Waals surface area contributed by atoms with Gasteiger partial charge in [-0.3, -0.25) is 0 Å². The highest BCUT2D eigenvalue weighted by atomic mass is 32.1. The standard InChI is InChI=1S/C10H14O3S/c1-7(2)13-10(12)9-4-3-8(14-9)5-6-11/h3-4,7,11H,5-6H2,1-2H3. The van der Waals surface area contributed by atoms with Crippen molar-refractivity contribution >= 4 is 17.3 Å². The Labute approximate surface area is 87.3 Å². The molecule has 0 saturated carbocycles. The van der Waals surface area contributed by atoms with Crippen LogP contribution in [0.5, 0.6) is 0 Å². The molecule has 1 heterocycles. The largest absolute Gasteiger partial charge is 0.459 e. The number of hydrogen-bond acceptors (Lipinski definition) is 4. The molecular weight excluding hydrogens is 200 g/mol. The van der Waals surface area contributed by atoms with Crippen LogP contribution in [0.2, 0.25) is 0 Å². The predicted molar refractivity (Wildman–Crippen MR) is 55.7 cm³/mol. The summed E-state index contributed by atoms with van der Waals surface area (Å²) in [6.45, 7) is 3.75. The number of carbonyl (C=O) groups excluding carboxylic acids is 1. The zero-order valence-electron chi connectivity index (χ0n) is 8.32. The van der Waals surface area contributed by atoms with Gasteiger partial charge in [-0.25, -0.2) is 4.79 Å². The highest BCUT2D eigenvalue weighted by molar-refractivity contribution is 7.13. The number of thiophene rings is 1. The molecule has 1 aromatic rings. The molecule has 1 aromatic heterocycles. The first kappa shape index (κ1) is 11.2. The maximum atomic E-state index is 11.4. The quantitative estimate of drug-likeness (QED) is 0.778. The minimum atomic E-state index is -0.283. The molecule has 0 amide bonds. The van der Waals surface area contributed by atoms with Crippen molar-refractivity contribution in [3.05, 3.63) is 21.9 Å². The molecule has 0 saturated heterocycles. The average Bonchev–Trinajstić information content (AvgIpc) is 2.52. The van der Waals surface area contributed by atoms with Crippen LogP contribution in [0.25, 0.3) is 0 Å². The predicted octanol–water partition coefficient (Wildman–Crippen LogP) is 1.85. The fourth-order valence-corrected chi connectivity index (χ4v) is 1.88. The van der Waals surface area contributed by atoms with Gasteiger partial charge in [0.1, 0.15) is 4.88 Å². The van der Waals surface area contributed by atoms with E-state index in [1.807, 2.05) is 19.9 Å². The van der Waals surface area contributed by atoms with Crippen molar-refractivity contribution in [2.75, 3.05) is 6.61 Å². The molecular formula is C10H14O3S. The van der Waals surface area contributed by atoms with Crippen molar-refractivity contribution < 1.29 is 14.6 Å². The highest BCUT2D eigenvalue weighted by Crippen LogP contribution is 2.18. The maximum absolute atomic E-state index is 11.4. The number of hydrogen-bond donors (Lipinski definition) is 1. The van der Waals surface area contributed by atoms with E-state index in [4.69, 9.17) is 9.84 Å². The molecule has 0 aliphatic heterocycles. The average molecular weight is 214 g/mol. The van der Waals surface area contributed by atoms with E-state index in [1.54, 1.807) is 6.07 Å². The van der Waals surface area contributed by atoms with E-state index < -0.39 is 0 Å². The molecule has 0 aliphatic rings. The molecule has 1 rings (SSSR count). The molecule has 0 atom stereocenters. The molecule has 78 valence electrons. The molecule has 1 N–H and O–H groups in total. The van der Waals surface area contributed by atoms with Gasteiger partial charge in [-0.15, -0.1) is 11.3 Å². The van der Waals surface area contributed by atoms with Crippen molar-refractivity contribution in [3.63, 3.8) is 0 Å². The number of carbonyl (C=O) groups is 1. The number of aliphatic hydroxyl groups is 1. The van der Waals surface area contributed by atoms with Crippen LogP contribution in [0, 0.1) is 0 Å². The third-order valence-electron chi connectivity index (χ3n) is 1.56. The lowest BCUT2D eigenvalue weighted by molar-refractivity contribution is 0.0384. The monoisotopic (exact) mass is 214 g/mol. The summed E-state index contributed by atoms with van der Waals surface area (Å²) in [6, 6.07) is 3.58. The van der Waals surface area contributed by atoms with E-state index in [1.165, 1.54) is 11.3 Å². The summed E-state index contributed by atoms with van der Waals surface area (Å²) in [5.74, 6) is -0.283. The Hall–Kier alpha value is -0.870. The van der Waals surface area contributed by atoms with Crippen molar-refractivity contribution in [2.24, 2.45) is 0 Å². The van der Waals surface area contributed by atoms with Gasteiger partial charge in [0.15, 0.2) is 0 Å². The van der Waals surface area contributed by atoms with E-state index in [2.05, 4.69) is 0 Å². The fraction of sp³-hybridized carbons (Fsp3) is 0.500. The minimum Gasteiger partial charge on any atom is -0.459 e. The van der Waals surface area contributed by atoms with Gasteiger partial charge in [0.05, 0.1) is 6.10 Å². The van der Waals surface area contributed by atoms with Gasteiger partial charge < -0.3 is 9.84 Å². The zero-order chi connectivity index (χ0) is 10.6. The summed E-state index contributed by atoms with van der Waals surface area (Å²) in [6.07, 6.45) is 0.505. The molecule has 0 radical (unpaired) electrons. The van der Waals surface area contributed by atoms with Crippen LogP contribution in [0.4, 0.5) is 0 Å². The third-order valence-corrected chi connectivity index (χ3v) is 2.69. The molecule has 0 unspecified atom stereocenters. The van der Waals surface area contributed by atoms with Crippen molar-refractivity contribution in [3.8, 4) is 0 Å². The molecule has 14 heavy (non-hydrogen) atoms. The summed E-state index contributed by atoms with van der Waals surface area (Å²) < 4.78 is 5.04. The van der Waals surface area contributed by atoms with Gasteiger partial charge in [-0.05, 0) is 26.0 Å². The SMILES string of the molecule is CC(C)OC(=O)c1ccc(CCO)s1. The van der Waals surface area contributed by atoms with Crippen LogP contribution >= 0.6 is 11.3 Å². The Morgan fingerprint density at radius 2 is 2.29 bits per heavy atom. The second kappa shape index (κ2) is 5.12. The Kier molecular flexibility index (Phi) is 4.10. The van der Waals surface area contributed by atoms with Crippen LogP contribution in [-0.2, 0) is 11.2 Å².